The lowest BCUT2D eigenvalue weighted by Gasteiger charge is -2.14. The van der Waals surface area contributed by atoms with Gasteiger partial charge >= 0.3 is 0 Å². The number of methoxy groups -OCH3 is 1. The summed E-state index contributed by atoms with van der Waals surface area (Å²) in [6.07, 6.45) is 4.01. The monoisotopic (exact) mass is 524 g/mol. The molecule has 0 saturated carbocycles. The number of nitrogens with zero attached hydrogens (tertiary/aromatic N) is 2. The number of Topliss-reactive ketones (excluding diaryl/α,β-unsaturated/α-hetero) is 1. The first-order valence-electron chi connectivity index (χ1n) is 11.8. The Balaban J connectivity index is 1.55. The summed E-state index contributed by atoms with van der Waals surface area (Å²) >= 11 is 2.75. The third-order valence-corrected chi connectivity index (χ3v) is 8.29. The average molecular weight is 525 g/mol. The summed E-state index contributed by atoms with van der Waals surface area (Å²) in [6, 6.07) is 11.4. The van der Waals surface area contributed by atoms with Crippen LogP contribution < -0.4 is 15.0 Å². The van der Waals surface area contributed by atoms with E-state index in [9.17, 15) is 14.0 Å². The number of hydrogen-bond acceptors (Lipinski definition) is 7. The molecule has 0 saturated heterocycles. The van der Waals surface area contributed by atoms with E-state index in [1.807, 2.05) is 31.2 Å². The highest BCUT2D eigenvalue weighted by atomic mass is 32.2. The number of carbonyl (C=O) groups excluding carboxylic acids is 1. The van der Waals surface area contributed by atoms with Crippen LogP contribution in [-0.4, -0.2) is 34.8 Å². The third kappa shape index (κ3) is 4.65. The van der Waals surface area contributed by atoms with Gasteiger partial charge in [-0.2, -0.15) is 0 Å². The SMILES string of the molecule is CCOc1ccc(-n2c(SCC(=O)c3ccc(OC)c(F)c3)nc3sc4c(c3c2=O)CCCC4)cc1. The van der Waals surface area contributed by atoms with Gasteiger partial charge in [0.2, 0.25) is 0 Å². The van der Waals surface area contributed by atoms with E-state index in [0.29, 0.717) is 33.4 Å². The van der Waals surface area contributed by atoms with Crippen LogP contribution in [0.5, 0.6) is 11.5 Å². The van der Waals surface area contributed by atoms with Crippen molar-refractivity contribution < 1.29 is 18.7 Å². The van der Waals surface area contributed by atoms with Crippen molar-refractivity contribution in [2.75, 3.05) is 19.5 Å². The standard InChI is InChI=1S/C27H25FN2O4S2/c1-3-34-18-11-9-17(10-12-18)30-26(32)24-19-6-4-5-7-23(19)36-25(24)29-27(30)35-15-21(31)16-8-13-22(33-2)20(28)14-16/h8-14H,3-7,15H2,1-2H3. The molecular weight excluding hydrogens is 499 g/mol. The summed E-state index contributed by atoms with van der Waals surface area (Å²) in [5, 5.41) is 1.11. The number of benzene rings is 2. The molecular formula is C27H25FN2O4S2. The Hall–Kier alpha value is -3.17. The Morgan fingerprint density at radius 2 is 1.94 bits per heavy atom. The van der Waals surface area contributed by atoms with Gasteiger partial charge in [-0.05, 0) is 80.6 Å². The normalized spacial score (nSPS) is 13.0. The van der Waals surface area contributed by atoms with E-state index in [2.05, 4.69) is 0 Å². The van der Waals surface area contributed by atoms with Crippen molar-refractivity contribution in [3.8, 4) is 17.2 Å². The fourth-order valence-corrected chi connectivity index (χ4v) is 6.63. The topological polar surface area (TPSA) is 70.4 Å². The highest BCUT2D eigenvalue weighted by Gasteiger charge is 2.23. The maximum absolute atomic E-state index is 14.1. The molecule has 0 aliphatic heterocycles. The van der Waals surface area contributed by atoms with Crippen LogP contribution in [0.3, 0.4) is 0 Å². The fourth-order valence-electron chi connectivity index (χ4n) is 4.42. The molecule has 2 heterocycles. The molecule has 5 rings (SSSR count). The highest BCUT2D eigenvalue weighted by Crippen LogP contribution is 2.35. The van der Waals surface area contributed by atoms with Gasteiger partial charge < -0.3 is 9.47 Å². The number of halogens is 1. The number of aryl methyl sites for hydroxylation is 2. The first-order valence-corrected chi connectivity index (χ1v) is 13.6. The van der Waals surface area contributed by atoms with E-state index in [1.54, 1.807) is 15.9 Å². The second kappa shape index (κ2) is 10.4. The molecule has 0 amide bonds. The van der Waals surface area contributed by atoms with Crippen LogP contribution in [-0.2, 0) is 12.8 Å². The molecule has 0 N–H and O–H groups in total. The number of fused-ring (bicyclic) bond motifs is 3. The second-order valence-corrected chi connectivity index (χ2v) is 10.4. The lowest BCUT2D eigenvalue weighted by atomic mass is 9.97. The van der Waals surface area contributed by atoms with Crippen molar-refractivity contribution in [3.63, 3.8) is 0 Å². The number of rotatable bonds is 8. The Morgan fingerprint density at radius 3 is 2.67 bits per heavy atom. The third-order valence-electron chi connectivity index (χ3n) is 6.17. The van der Waals surface area contributed by atoms with Gasteiger partial charge in [0.05, 0.1) is 30.5 Å². The van der Waals surface area contributed by atoms with Gasteiger partial charge in [0, 0.05) is 10.4 Å². The molecule has 0 radical (unpaired) electrons. The van der Waals surface area contributed by atoms with Crippen LogP contribution in [0.2, 0.25) is 0 Å². The molecule has 2 aromatic heterocycles. The van der Waals surface area contributed by atoms with Gasteiger partial charge in [0.25, 0.3) is 5.56 Å². The first-order chi connectivity index (χ1) is 17.5. The maximum Gasteiger partial charge on any atom is 0.267 e. The number of carbonyl (C=O) groups is 1. The lowest BCUT2D eigenvalue weighted by molar-refractivity contribution is 0.102. The number of hydrogen-bond donors (Lipinski definition) is 0. The Labute approximate surface area is 216 Å². The van der Waals surface area contributed by atoms with Crippen LogP contribution in [0.25, 0.3) is 15.9 Å². The summed E-state index contributed by atoms with van der Waals surface area (Å²) in [7, 11) is 1.38. The summed E-state index contributed by atoms with van der Waals surface area (Å²) in [6.45, 7) is 2.46. The molecule has 36 heavy (non-hydrogen) atoms. The largest absolute Gasteiger partial charge is 0.494 e. The Bertz CT molecular complexity index is 1490. The predicted octanol–water partition coefficient (Wildman–Crippen LogP) is 5.85. The van der Waals surface area contributed by atoms with Crippen LogP contribution in [0.15, 0.2) is 52.4 Å². The summed E-state index contributed by atoms with van der Waals surface area (Å²) in [5.74, 6) is -0.0614. The van der Waals surface area contributed by atoms with E-state index in [1.165, 1.54) is 41.9 Å². The molecule has 186 valence electrons. The molecule has 1 aliphatic carbocycles. The summed E-state index contributed by atoms with van der Waals surface area (Å²) in [4.78, 5) is 33.5. The van der Waals surface area contributed by atoms with Crippen LogP contribution in [0.1, 0.15) is 40.6 Å². The number of ether oxygens (including phenoxy) is 2. The van der Waals surface area contributed by atoms with Crippen LogP contribution >= 0.6 is 23.1 Å². The Kier molecular flexibility index (Phi) is 7.11. The number of thiophene rings is 1. The molecule has 4 aromatic rings. The van der Waals surface area contributed by atoms with Crippen molar-refractivity contribution >= 4 is 39.1 Å². The fraction of sp³-hybridized carbons (Fsp3) is 0.296. The Morgan fingerprint density at radius 1 is 1.17 bits per heavy atom. The summed E-state index contributed by atoms with van der Waals surface area (Å²) < 4.78 is 26.2. The quantitative estimate of drug-likeness (QED) is 0.164. The molecule has 0 unspecified atom stereocenters. The minimum Gasteiger partial charge on any atom is -0.494 e. The average Bonchev–Trinajstić information content (AvgIpc) is 3.27. The van der Waals surface area contributed by atoms with Crippen molar-refractivity contribution in [3.05, 3.63) is 74.6 Å². The van der Waals surface area contributed by atoms with E-state index in [-0.39, 0.29) is 28.4 Å². The van der Waals surface area contributed by atoms with E-state index in [4.69, 9.17) is 14.5 Å². The van der Waals surface area contributed by atoms with E-state index in [0.717, 1.165) is 31.2 Å². The zero-order chi connectivity index (χ0) is 25.2. The number of thioether (sulfide) groups is 1. The van der Waals surface area contributed by atoms with Gasteiger partial charge in [-0.25, -0.2) is 9.37 Å². The molecule has 1 aliphatic rings. The van der Waals surface area contributed by atoms with Gasteiger partial charge in [0.1, 0.15) is 10.6 Å². The van der Waals surface area contributed by atoms with E-state index >= 15 is 0 Å². The molecule has 0 atom stereocenters. The minimum absolute atomic E-state index is 0.00579. The smallest absolute Gasteiger partial charge is 0.267 e. The molecule has 6 nitrogen and oxygen atoms in total. The second-order valence-electron chi connectivity index (χ2n) is 8.41. The highest BCUT2D eigenvalue weighted by molar-refractivity contribution is 7.99. The van der Waals surface area contributed by atoms with Crippen molar-refractivity contribution in [2.45, 2.75) is 37.8 Å². The van der Waals surface area contributed by atoms with Crippen molar-refractivity contribution in [1.29, 1.82) is 0 Å². The zero-order valence-corrected chi connectivity index (χ0v) is 21.6. The van der Waals surface area contributed by atoms with Gasteiger partial charge in [-0.1, -0.05) is 11.8 Å². The maximum atomic E-state index is 14.1. The molecule has 0 spiro atoms. The predicted molar refractivity (Wildman–Crippen MR) is 141 cm³/mol. The van der Waals surface area contributed by atoms with Crippen molar-refractivity contribution in [2.24, 2.45) is 0 Å². The van der Waals surface area contributed by atoms with Gasteiger partial charge in [-0.15, -0.1) is 11.3 Å². The zero-order valence-electron chi connectivity index (χ0n) is 20.0. The molecule has 9 heteroatoms. The number of aromatic nitrogens is 2. The van der Waals surface area contributed by atoms with Crippen LogP contribution in [0.4, 0.5) is 4.39 Å². The van der Waals surface area contributed by atoms with Crippen molar-refractivity contribution in [1.82, 2.24) is 9.55 Å². The number of ketones is 1. The van der Waals surface area contributed by atoms with Crippen LogP contribution in [0, 0.1) is 5.82 Å². The lowest BCUT2D eigenvalue weighted by Crippen LogP contribution is -2.22. The summed E-state index contributed by atoms with van der Waals surface area (Å²) in [5.41, 5.74) is 1.87. The minimum atomic E-state index is -0.594. The molecule has 0 fully saturated rings. The van der Waals surface area contributed by atoms with Gasteiger partial charge in [-0.3, -0.25) is 14.2 Å². The molecule has 0 bridgehead atoms. The first kappa shape index (κ1) is 24.5. The van der Waals surface area contributed by atoms with Gasteiger partial charge in [0.15, 0.2) is 22.5 Å². The molecule has 2 aromatic carbocycles. The van der Waals surface area contributed by atoms with E-state index < -0.39 is 5.82 Å².